The second-order valence-corrected chi connectivity index (χ2v) is 7.79. The zero-order valence-electron chi connectivity index (χ0n) is 13.8. The molecule has 1 aliphatic rings. The van der Waals surface area contributed by atoms with Crippen LogP contribution in [-0.4, -0.2) is 22.6 Å². The standard InChI is InChI=1S/C20H20ClNOS/c1-14-15(2)24-20(12-16-6-4-3-5-7-16)22(14)13-19(23)17-8-10-18(21)11-9-17/h3-11,20H,12-13H2,1-2H3. The number of benzene rings is 2. The van der Waals surface area contributed by atoms with Crippen LogP contribution in [0.3, 0.4) is 0 Å². The van der Waals surface area contributed by atoms with Crippen LogP contribution in [0.5, 0.6) is 0 Å². The molecule has 0 saturated carbocycles. The average Bonchev–Trinajstić information content (AvgIpc) is 2.84. The largest absolute Gasteiger partial charge is 0.354 e. The Balaban J connectivity index is 1.75. The number of nitrogens with zero attached hydrogens (tertiary/aromatic N) is 1. The van der Waals surface area contributed by atoms with Gasteiger partial charge in [-0.05, 0) is 43.7 Å². The third kappa shape index (κ3) is 3.85. The predicted molar refractivity (Wildman–Crippen MR) is 102 cm³/mol. The van der Waals surface area contributed by atoms with Crippen molar-refractivity contribution in [3.05, 3.63) is 81.3 Å². The molecule has 0 saturated heterocycles. The number of rotatable bonds is 5. The van der Waals surface area contributed by atoms with Gasteiger partial charge in [0.15, 0.2) is 5.78 Å². The maximum absolute atomic E-state index is 12.6. The van der Waals surface area contributed by atoms with E-state index in [-0.39, 0.29) is 11.2 Å². The first-order valence-corrected chi connectivity index (χ1v) is 9.24. The SMILES string of the molecule is CC1=C(C)N(CC(=O)c2ccc(Cl)cc2)C(Cc2ccccc2)S1. The Morgan fingerprint density at radius 3 is 2.42 bits per heavy atom. The Bertz CT molecular complexity index is 755. The summed E-state index contributed by atoms with van der Waals surface area (Å²) in [6.07, 6.45) is 0.925. The van der Waals surface area contributed by atoms with Crippen molar-refractivity contribution in [2.45, 2.75) is 25.6 Å². The Labute approximate surface area is 152 Å². The summed E-state index contributed by atoms with van der Waals surface area (Å²) in [5.41, 5.74) is 3.20. The van der Waals surface area contributed by atoms with Crippen molar-refractivity contribution in [3.8, 4) is 0 Å². The molecule has 1 unspecified atom stereocenters. The number of carbonyl (C=O) groups excluding carboxylic acids is 1. The fourth-order valence-corrected chi connectivity index (χ4v) is 4.30. The summed E-state index contributed by atoms with van der Waals surface area (Å²) in [5.74, 6) is 0.124. The number of allylic oxidation sites excluding steroid dienone is 2. The molecule has 1 atom stereocenters. The highest BCUT2D eigenvalue weighted by molar-refractivity contribution is 8.03. The average molecular weight is 358 g/mol. The maximum atomic E-state index is 12.6. The number of Topliss-reactive ketones (excluding diaryl/α,β-unsaturated/α-hetero) is 1. The zero-order chi connectivity index (χ0) is 17.1. The van der Waals surface area contributed by atoms with Crippen molar-refractivity contribution in [2.24, 2.45) is 0 Å². The molecule has 0 aromatic heterocycles. The summed E-state index contributed by atoms with van der Waals surface area (Å²) in [6.45, 7) is 4.63. The fraction of sp³-hybridized carbons (Fsp3) is 0.250. The number of thioether (sulfide) groups is 1. The molecule has 0 N–H and O–H groups in total. The summed E-state index contributed by atoms with van der Waals surface area (Å²) >= 11 is 7.76. The van der Waals surface area contributed by atoms with E-state index in [9.17, 15) is 4.79 Å². The van der Waals surface area contributed by atoms with E-state index in [1.54, 1.807) is 24.3 Å². The number of ketones is 1. The number of hydrogen-bond donors (Lipinski definition) is 0. The van der Waals surface area contributed by atoms with Crippen molar-refractivity contribution in [1.29, 1.82) is 0 Å². The van der Waals surface area contributed by atoms with E-state index in [4.69, 9.17) is 11.6 Å². The Hall–Kier alpha value is -1.71. The van der Waals surface area contributed by atoms with E-state index in [1.165, 1.54) is 16.2 Å². The van der Waals surface area contributed by atoms with Gasteiger partial charge < -0.3 is 4.90 Å². The zero-order valence-corrected chi connectivity index (χ0v) is 15.4. The quantitative estimate of drug-likeness (QED) is 0.669. The van der Waals surface area contributed by atoms with Gasteiger partial charge in [-0.1, -0.05) is 41.9 Å². The number of hydrogen-bond acceptors (Lipinski definition) is 3. The molecule has 0 amide bonds. The van der Waals surface area contributed by atoms with Crippen LogP contribution in [0.4, 0.5) is 0 Å². The second kappa shape index (κ2) is 7.45. The molecule has 3 rings (SSSR count). The van der Waals surface area contributed by atoms with Gasteiger partial charge in [-0.3, -0.25) is 4.79 Å². The third-order valence-corrected chi connectivity index (χ3v) is 5.93. The molecular weight excluding hydrogens is 338 g/mol. The molecule has 0 bridgehead atoms. The van der Waals surface area contributed by atoms with Crippen LogP contribution in [0.1, 0.15) is 29.8 Å². The highest BCUT2D eigenvalue weighted by Gasteiger charge is 2.29. The molecule has 0 aliphatic carbocycles. The van der Waals surface area contributed by atoms with E-state index in [2.05, 4.69) is 43.0 Å². The van der Waals surface area contributed by atoms with Crippen molar-refractivity contribution < 1.29 is 4.79 Å². The van der Waals surface area contributed by atoms with E-state index in [0.29, 0.717) is 17.1 Å². The molecule has 0 spiro atoms. The van der Waals surface area contributed by atoms with Gasteiger partial charge in [-0.2, -0.15) is 0 Å². The number of halogens is 1. The van der Waals surface area contributed by atoms with Gasteiger partial charge in [0.1, 0.15) is 0 Å². The second-order valence-electron chi connectivity index (χ2n) is 5.96. The van der Waals surface area contributed by atoms with Crippen LogP contribution < -0.4 is 0 Å². The number of carbonyl (C=O) groups is 1. The molecule has 24 heavy (non-hydrogen) atoms. The van der Waals surface area contributed by atoms with Gasteiger partial charge in [-0.25, -0.2) is 0 Å². The lowest BCUT2D eigenvalue weighted by molar-refractivity contribution is 0.0946. The summed E-state index contributed by atoms with van der Waals surface area (Å²) in [7, 11) is 0. The summed E-state index contributed by atoms with van der Waals surface area (Å²) < 4.78 is 0. The topological polar surface area (TPSA) is 20.3 Å². The van der Waals surface area contributed by atoms with Crippen LogP contribution in [0.25, 0.3) is 0 Å². The molecule has 4 heteroatoms. The van der Waals surface area contributed by atoms with Crippen LogP contribution in [0, 0.1) is 0 Å². The lowest BCUT2D eigenvalue weighted by atomic mass is 10.1. The Kier molecular flexibility index (Phi) is 5.32. The van der Waals surface area contributed by atoms with Gasteiger partial charge in [0.2, 0.25) is 0 Å². The first kappa shape index (κ1) is 17.1. The van der Waals surface area contributed by atoms with Crippen molar-refractivity contribution in [2.75, 3.05) is 6.54 Å². The van der Waals surface area contributed by atoms with Gasteiger partial charge in [0, 0.05) is 27.6 Å². The molecule has 1 aliphatic heterocycles. The first-order chi connectivity index (χ1) is 11.5. The minimum Gasteiger partial charge on any atom is -0.354 e. The molecule has 2 nitrogen and oxygen atoms in total. The van der Waals surface area contributed by atoms with Gasteiger partial charge in [0.05, 0.1) is 11.9 Å². The van der Waals surface area contributed by atoms with E-state index in [1.807, 2.05) is 17.8 Å². The first-order valence-electron chi connectivity index (χ1n) is 7.98. The van der Waals surface area contributed by atoms with Crippen LogP contribution in [-0.2, 0) is 6.42 Å². The van der Waals surface area contributed by atoms with E-state index < -0.39 is 0 Å². The lowest BCUT2D eigenvalue weighted by Gasteiger charge is -2.27. The third-order valence-electron chi connectivity index (χ3n) is 4.33. The minimum atomic E-state index is 0.124. The van der Waals surface area contributed by atoms with Crippen LogP contribution in [0.2, 0.25) is 5.02 Å². The summed E-state index contributed by atoms with van der Waals surface area (Å²) in [6, 6.07) is 17.6. The van der Waals surface area contributed by atoms with Crippen molar-refractivity contribution in [3.63, 3.8) is 0 Å². The predicted octanol–water partition coefficient (Wildman–Crippen LogP) is 5.39. The van der Waals surface area contributed by atoms with Crippen LogP contribution in [0.15, 0.2) is 65.2 Å². The van der Waals surface area contributed by atoms with E-state index >= 15 is 0 Å². The fourth-order valence-electron chi connectivity index (χ4n) is 2.84. The highest BCUT2D eigenvalue weighted by atomic mass is 35.5. The van der Waals surface area contributed by atoms with Crippen molar-refractivity contribution in [1.82, 2.24) is 4.90 Å². The van der Waals surface area contributed by atoms with Gasteiger partial charge >= 0.3 is 0 Å². The van der Waals surface area contributed by atoms with E-state index in [0.717, 1.165) is 6.42 Å². The molecular formula is C20H20ClNOS. The van der Waals surface area contributed by atoms with Crippen LogP contribution >= 0.6 is 23.4 Å². The van der Waals surface area contributed by atoms with Gasteiger partial charge in [0.25, 0.3) is 0 Å². The minimum absolute atomic E-state index is 0.124. The Morgan fingerprint density at radius 2 is 1.75 bits per heavy atom. The van der Waals surface area contributed by atoms with Gasteiger partial charge in [-0.15, -0.1) is 11.8 Å². The normalized spacial score (nSPS) is 17.5. The molecule has 124 valence electrons. The smallest absolute Gasteiger partial charge is 0.182 e. The van der Waals surface area contributed by atoms with Crippen molar-refractivity contribution >= 4 is 29.1 Å². The lowest BCUT2D eigenvalue weighted by Crippen LogP contribution is -2.34. The molecule has 1 heterocycles. The summed E-state index contributed by atoms with van der Waals surface area (Å²) in [5, 5.41) is 0.917. The summed E-state index contributed by atoms with van der Waals surface area (Å²) in [4.78, 5) is 16.2. The molecule has 2 aromatic carbocycles. The molecule has 0 fully saturated rings. The molecule has 2 aromatic rings. The maximum Gasteiger partial charge on any atom is 0.182 e. The highest BCUT2D eigenvalue weighted by Crippen LogP contribution is 2.39. The monoisotopic (exact) mass is 357 g/mol. The Morgan fingerprint density at radius 1 is 1.08 bits per heavy atom. The molecule has 0 radical (unpaired) electrons.